The van der Waals surface area contributed by atoms with Crippen molar-refractivity contribution in [3.05, 3.63) is 29.3 Å². The Hall–Kier alpha value is -2.12. The number of fused-ring (bicyclic) bond motifs is 1. The molecule has 158 valence electrons. The summed E-state index contributed by atoms with van der Waals surface area (Å²) < 4.78 is 17.0. The second-order valence-electron chi connectivity index (χ2n) is 8.44. The van der Waals surface area contributed by atoms with Gasteiger partial charge in [0.1, 0.15) is 11.4 Å². The third kappa shape index (κ3) is 4.26. The fraction of sp³-hybridized carbons (Fsp3) is 0.636. The number of amides is 2. The van der Waals surface area contributed by atoms with Crippen molar-refractivity contribution in [2.75, 3.05) is 40.0 Å². The van der Waals surface area contributed by atoms with Crippen LogP contribution in [0.3, 0.4) is 0 Å². The Labute approximate surface area is 171 Å². The summed E-state index contributed by atoms with van der Waals surface area (Å²) in [5, 5.41) is 3.24. The van der Waals surface area contributed by atoms with Crippen LogP contribution in [-0.4, -0.2) is 62.3 Å². The summed E-state index contributed by atoms with van der Waals surface area (Å²) in [5.74, 6) is 0.491. The third-order valence-electron chi connectivity index (χ3n) is 6.31. The molecule has 1 spiro atoms. The van der Waals surface area contributed by atoms with E-state index >= 15 is 0 Å². The van der Waals surface area contributed by atoms with E-state index in [1.807, 2.05) is 19.1 Å². The van der Waals surface area contributed by atoms with Crippen LogP contribution < -0.4 is 10.1 Å². The fourth-order valence-electron chi connectivity index (χ4n) is 4.62. The molecule has 29 heavy (non-hydrogen) atoms. The number of hydrogen-bond donors (Lipinski definition) is 1. The van der Waals surface area contributed by atoms with Gasteiger partial charge < -0.3 is 24.4 Å². The summed E-state index contributed by atoms with van der Waals surface area (Å²) in [4.78, 5) is 27.0. The van der Waals surface area contributed by atoms with E-state index in [1.165, 1.54) is 0 Å². The maximum atomic E-state index is 13.1. The number of carbonyl (C=O) groups excluding carboxylic acids is 2. The summed E-state index contributed by atoms with van der Waals surface area (Å²) in [6, 6.07) is 6.02. The van der Waals surface area contributed by atoms with E-state index < -0.39 is 0 Å². The number of methoxy groups -OCH3 is 1. The fourth-order valence-corrected chi connectivity index (χ4v) is 4.62. The van der Waals surface area contributed by atoms with Crippen LogP contribution in [0.4, 0.5) is 0 Å². The molecule has 0 aromatic heterocycles. The Kier molecular flexibility index (Phi) is 5.79. The molecule has 2 atom stereocenters. The molecule has 0 aliphatic carbocycles. The minimum absolute atomic E-state index is 0.0197. The van der Waals surface area contributed by atoms with Crippen molar-refractivity contribution in [1.29, 1.82) is 0 Å². The Balaban J connectivity index is 1.50. The van der Waals surface area contributed by atoms with Gasteiger partial charge in [-0.2, -0.15) is 0 Å². The summed E-state index contributed by atoms with van der Waals surface area (Å²) in [7, 11) is 1.61. The maximum Gasteiger partial charge on any atom is 0.225 e. The molecule has 1 N–H and O–H groups in total. The van der Waals surface area contributed by atoms with Crippen LogP contribution >= 0.6 is 0 Å². The van der Waals surface area contributed by atoms with Gasteiger partial charge in [0.25, 0.3) is 0 Å². The van der Waals surface area contributed by atoms with Crippen molar-refractivity contribution in [3.8, 4) is 5.75 Å². The monoisotopic (exact) mass is 402 g/mol. The first kappa shape index (κ1) is 20.2. The SMILES string of the molecule is COCCN1CC(C(=O)NC2CC3(CCOCC3)Oc3ccc(C)cc32)CC1=O. The van der Waals surface area contributed by atoms with E-state index in [1.54, 1.807) is 12.0 Å². The van der Waals surface area contributed by atoms with E-state index in [4.69, 9.17) is 14.2 Å². The molecule has 1 aromatic rings. The van der Waals surface area contributed by atoms with Crippen LogP contribution in [0, 0.1) is 12.8 Å². The molecule has 1 aromatic carbocycles. The van der Waals surface area contributed by atoms with Crippen molar-refractivity contribution < 1.29 is 23.8 Å². The normalized spacial score (nSPS) is 25.6. The van der Waals surface area contributed by atoms with Crippen molar-refractivity contribution in [1.82, 2.24) is 10.2 Å². The van der Waals surface area contributed by atoms with Gasteiger partial charge in [0.2, 0.25) is 11.8 Å². The first-order valence-corrected chi connectivity index (χ1v) is 10.4. The van der Waals surface area contributed by atoms with Crippen LogP contribution in [0.25, 0.3) is 0 Å². The largest absolute Gasteiger partial charge is 0.487 e. The average Bonchev–Trinajstić information content (AvgIpc) is 3.08. The van der Waals surface area contributed by atoms with Gasteiger partial charge in [0.05, 0.1) is 31.8 Å². The van der Waals surface area contributed by atoms with Crippen molar-refractivity contribution in [2.24, 2.45) is 5.92 Å². The van der Waals surface area contributed by atoms with Gasteiger partial charge in [-0.1, -0.05) is 17.7 Å². The van der Waals surface area contributed by atoms with Crippen LogP contribution in [0.2, 0.25) is 0 Å². The summed E-state index contributed by atoms with van der Waals surface area (Å²) >= 11 is 0. The highest BCUT2D eigenvalue weighted by molar-refractivity contribution is 5.89. The Morgan fingerprint density at radius 1 is 1.34 bits per heavy atom. The van der Waals surface area contributed by atoms with Gasteiger partial charge in [0.15, 0.2) is 0 Å². The second-order valence-corrected chi connectivity index (χ2v) is 8.44. The lowest BCUT2D eigenvalue weighted by Crippen LogP contribution is -2.49. The predicted octanol–water partition coefficient (Wildman–Crippen LogP) is 1.98. The minimum atomic E-state index is -0.318. The molecular formula is C22H30N2O5. The lowest BCUT2D eigenvalue weighted by molar-refractivity contribution is -0.129. The minimum Gasteiger partial charge on any atom is -0.487 e. The zero-order chi connectivity index (χ0) is 20.4. The number of nitrogens with zero attached hydrogens (tertiary/aromatic N) is 1. The van der Waals surface area contributed by atoms with Crippen LogP contribution in [0.15, 0.2) is 18.2 Å². The maximum absolute atomic E-state index is 13.1. The van der Waals surface area contributed by atoms with E-state index in [2.05, 4.69) is 11.4 Å². The first-order chi connectivity index (χ1) is 14.0. The number of benzene rings is 1. The van der Waals surface area contributed by atoms with Gasteiger partial charge >= 0.3 is 0 Å². The Morgan fingerprint density at radius 2 is 2.14 bits per heavy atom. The lowest BCUT2D eigenvalue weighted by Gasteiger charge is -2.44. The Bertz CT molecular complexity index is 774. The topological polar surface area (TPSA) is 77.1 Å². The molecule has 3 aliphatic rings. The molecule has 3 aliphatic heterocycles. The number of likely N-dealkylation sites (tertiary alicyclic amines) is 1. The molecule has 2 unspecified atom stereocenters. The molecule has 0 saturated carbocycles. The average molecular weight is 402 g/mol. The molecule has 7 heteroatoms. The van der Waals surface area contributed by atoms with E-state index in [0.717, 1.165) is 36.1 Å². The van der Waals surface area contributed by atoms with Crippen LogP contribution in [0.1, 0.15) is 42.9 Å². The van der Waals surface area contributed by atoms with E-state index in [0.29, 0.717) is 32.9 Å². The van der Waals surface area contributed by atoms with Gasteiger partial charge in [-0.15, -0.1) is 0 Å². The zero-order valence-electron chi connectivity index (χ0n) is 17.2. The summed E-state index contributed by atoms with van der Waals surface area (Å²) in [5.41, 5.74) is 1.86. The van der Waals surface area contributed by atoms with Crippen molar-refractivity contribution >= 4 is 11.8 Å². The van der Waals surface area contributed by atoms with Crippen LogP contribution in [-0.2, 0) is 19.1 Å². The van der Waals surface area contributed by atoms with Crippen LogP contribution in [0.5, 0.6) is 5.75 Å². The second kappa shape index (κ2) is 8.32. The number of nitrogens with one attached hydrogen (secondary N) is 1. The van der Waals surface area contributed by atoms with Gasteiger partial charge in [-0.05, 0) is 13.0 Å². The molecule has 3 heterocycles. The molecule has 2 amide bonds. The zero-order valence-corrected chi connectivity index (χ0v) is 17.2. The predicted molar refractivity (Wildman–Crippen MR) is 107 cm³/mol. The molecule has 0 bridgehead atoms. The molecule has 0 radical (unpaired) electrons. The van der Waals surface area contributed by atoms with Crippen molar-refractivity contribution in [3.63, 3.8) is 0 Å². The third-order valence-corrected chi connectivity index (χ3v) is 6.31. The standard InChI is InChI=1S/C22H30N2O5/c1-15-3-4-19-17(11-15)18(13-22(29-19)5-8-28-9-6-22)23-21(26)16-12-20(25)24(14-16)7-10-27-2/h3-4,11,16,18H,5-10,12-14H2,1-2H3,(H,23,26). The summed E-state index contributed by atoms with van der Waals surface area (Å²) in [6.45, 7) is 4.86. The van der Waals surface area contributed by atoms with Gasteiger partial charge in [-0.3, -0.25) is 9.59 Å². The number of carbonyl (C=O) groups is 2. The van der Waals surface area contributed by atoms with E-state index in [-0.39, 0.29) is 35.8 Å². The molecule has 2 fully saturated rings. The number of aryl methyl sites for hydroxylation is 1. The highest BCUT2D eigenvalue weighted by Crippen LogP contribution is 2.44. The van der Waals surface area contributed by atoms with E-state index in [9.17, 15) is 9.59 Å². The number of ether oxygens (including phenoxy) is 3. The van der Waals surface area contributed by atoms with Gasteiger partial charge in [0, 0.05) is 51.4 Å². The highest BCUT2D eigenvalue weighted by Gasteiger charge is 2.44. The first-order valence-electron chi connectivity index (χ1n) is 10.4. The van der Waals surface area contributed by atoms with Gasteiger partial charge in [-0.25, -0.2) is 0 Å². The number of hydrogen-bond acceptors (Lipinski definition) is 5. The molecule has 2 saturated heterocycles. The molecule has 4 rings (SSSR count). The molecular weight excluding hydrogens is 372 g/mol. The highest BCUT2D eigenvalue weighted by atomic mass is 16.5. The Morgan fingerprint density at radius 3 is 2.90 bits per heavy atom. The lowest BCUT2D eigenvalue weighted by atomic mass is 9.81. The quantitative estimate of drug-likeness (QED) is 0.815. The smallest absolute Gasteiger partial charge is 0.225 e. The van der Waals surface area contributed by atoms with Crippen molar-refractivity contribution in [2.45, 2.75) is 44.2 Å². The molecule has 7 nitrogen and oxygen atoms in total. The summed E-state index contributed by atoms with van der Waals surface area (Å²) in [6.07, 6.45) is 2.63. The number of rotatable bonds is 5.